The molecule has 0 aromatic heterocycles. The Hall–Kier alpha value is -1.11. The van der Waals surface area contributed by atoms with Crippen LogP contribution < -0.4 is 4.74 Å². The third kappa shape index (κ3) is 2.45. The summed E-state index contributed by atoms with van der Waals surface area (Å²) in [7, 11) is -2.10. The Morgan fingerprint density at radius 2 is 1.86 bits per heavy atom. The first kappa shape index (κ1) is 14.8. The molecule has 5 nitrogen and oxygen atoms in total. The topological polar surface area (TPSA) is 66.8 Å². The van der Waals surface area contributed by atoms with E-state index in [4.69, 9.17) is 4.74 Å². The van der Waals surface area contributed by atoms with Crippen molar-refractivity contribution >= 4 is 10.0 Å². The number of sulfonamides is 1. The highest BCUT2D eigenvalue weighted by molar-refractivity contribution is 7.89. The molecule has 0 radical (unpaired) electrons. The normalized spacial score (nSPS) is 29.6. The van der Waals surface area contributed by atoms with Crippen LogP contribution in [0.2, 0.25) is 0 Å². The predicted molar refractivity (Wildman–Crippen MR) is 78.8 cm³/mol. The van der Waals surface area contributed by atoms with E-state index >= 15 is 0 Å². The standard InChI is InChI=1S/C15H21NO4S/c1-10-3-6-14(20-2)15(7-10)21(18,19)16-11-4-5-12(16)9-13(17)8-11/h3,6-7,11-13,17H,4-5,8-9H2,1-2H3. The van der Waals surface area contributed by atoms with Gasteiger partial charge in [0.1, 0.15) is 10.6 Å². The van der Waals surface area contributed by atoms with Crippen molar-refractivity contribution in [2.75, 3.05) is 7.11 Å². The minimum absolute atomic E-state index is 0.0889. The van der Waals surface area contributed by atoms with Crippen LogP contribution in [0, 0.1) is 6.92 Å². The van der Waals surface area contributed by atoms with Crippen molar-refractivity contribution in [1.29, 1.82) is 0 Å². The Kier molecular flexibility index (Phi) is 3.71. The molecule has 116 valence electrons. The fourth-order valence-corrected chi connectivity index (χ4v) is 5.73. The number of benzene rings is 1. The lowest BCUT2D eigenvalue weighted by molar-refractivity contribution is 0.0768. The second kappa shape index (κ2) is 5.26. The van der Waals surface area contributed by atoms with Gasteiger partial charge in [-0.3, -0.25) is 0 Å². The summed E-state index contributed by atoms with van der Waals surface area (Å²) in [6.45, 7) is 1.87. The average Bonchev–Trinajstić information content (AvgIpc) is 2.72. The molecule has 3 rings (SSSR count). The molecule has 2 fully saturated rings. The number of hydrogen-bond donors (Lipinski definition) is 1. The van der Waals surface area contributed by atoms with Crippen LogP contribution in [0.25, 0.3) is 0 Å². The van der Waals surface area contributed by atoms with Crippen LogP contribution in [-0.4, -0.2) is 43.1 Å². The van der Waals surface area contributed by atoms with E-state index in [-0.39, 0.29) is 23.1 Å². The third-order valence-corrected chi connectivity index (χ3v) is 6.54. The number of nitrogens with zero attached hydrogens (tertiary/aromatic N) is 1. The molecule has 2 heterocycles. The third-order valence-electron chi connectivity index (χ3n) is 4.52. The zero-order valence-corrected chi connectivity index (χ0v) is 13.1. The lowest BCUT2D eigenvalue weighted by Gasteiger charge is -2.36. The van der Waals surface area contributed by atoms with Crippen LogP contribution in [-0.2, 0) is 10.0 Å². The maximum absolute atomic E-state index is 13.1. The van der Waals surface area contributed by atoms with E-state index < -0.39 is 10.0 Å². The maximum Gasteiger partial charge on any atom is 0.247 e. The largest absolute Gasteiger partial charge is 0.495 e. The van der Waals surface area contributed by atoms with Gasteiger partial charge in [-0.15, -0.1) is 0 Å². The Morgan fingerprint density at radius 1 is 1.24 bits per heavy atom. The van der Waals surface area contributed by atoms with Crippen LogP contribution in [0.4, 0.5) is 0 Å². The molecule has 1 aromatic carbocycles. The Balaban J connectivity index is 2.04. The summed E-state index contributed by atoms with van der Waals surface area (Å²) in [6, 6.07) is 5.02. The molecule has 2 aliphatic rings. The van der Waals surface area contributed by atoms with Crippen molar-refractivity contribution in [1.82, 2.24) is 4.31 Å². The molecule has 0 spiro atoms. The zero-order chi connectivity index (χ0) is 15.2. The number of methoxy groups -OCH3 is 1. The van der Waals surface area contributed by atoms with Crippen LogP contribution >= 0.6 is 0 Å². The van der Waals surface area contributed by atoms with Crippen LogP contribution in [0.5, 0.6) is 5.75 Å². The summed E-state index contributed by atoms with van der Waals surface area (Å²) >= 11 is 0. The molecule has 21 heavy (non-hydrogen) atoms. The highest BCUT2D eigenvalue weighted by Crippen LogP contribution is 2.41. The first-order chi connectivity index (χ1) is 9.93. The molecule has 0 saturated carbocycles. The predicted octanol–water partition coefficient (Wildman–Crippen LogP) is 1.68. The van der Waals surface area contributed by atoms with E-state index in [1.165, 1.54) is 7.11 Å². The minimum atomic E-state index is -3.59. The second-order valence-electron chi connectivity index (χ2n) is 6.00. The summed E-state index contributed by atoms with van der Waals surface area (Å²) in [6.07, 6.45) is 2.34. The summed E-state index contributed by atoms with van der Waals surface area (Å²) in [4.78, 5) is 0.235. The lowest BCUT2D eigenvalue weighted by Crippen LogP contribution is -2.47. The molecule has 2 unspecified atom stereocenters. The Labute approximate surface area is 125 Å². The number of fused-ring (bicyclic) bond motifs is 2. The highest BCUT2D eigenvalue weighted by Gasteiger charge is 2.47. The minimum Gasteiger partial charge on any atom is -0.495 e. The number of aliphatic hydroxyl groups excluding tert-OH is 1. The molecule has 0 amide bonds. The van der Waals surface area contributed by atoms with Crippen molar-refractivity contribution in [2.45, 2.75) is 55.7 Å². The number of piperidine rings is 1. The summed E-state index contributed by atoms with van der Waals surface area (Å²) in [5, 5.41) is 9.84. The van der Waals surface area contributed by atoms with E-state index in [1.54, 1.807) is 16.4 Å². The summed E-state index contributed by atoms with van der Waals surface area (Å²) in [5.41, 5.74) is 0.888. The van der Waals surface area contributed by atoms with E-state index in [2.05, 4.69) is 0 Å². The van der Waals surface area contributed by atoms with Crippen LogP contribution in [0.1, 0.15) is 31.2 Å². The van der Waals surface area contributed by atoms with Gasteiger partial charge in [0, 0.05) is 12.1 Å². The number of aryl methyl sites for hydroxylation is 1. The van der Waals surface area contributed by atoms with E-state index in [0.717, 1.165) is 18.4 Å². The first-order valence-electron chi connectivity index (χ1n) is 7.29. The van der Waals surface area contributed by atoms with Crippen LogP contribution in [0.15, 0.2) is 23.1 Å². The smallest absolute Gasteiger partial charge is 0.247 e. The van der Waals surface area contributed by atoms with Gasteiger partial charge < -0.3 is 9.84 Å². The molecule has 2 atom stereocenters. The van der Waals surface area contributed by atoms with E-state index in [9.17, 15) is 13.5 Å². The SMILES string of the molecule is COc1ccc(C)cc1S(=O)(=O)N1C2CCC1CC(O)C2. The van der Waals surface area contributed by atoms with Gasteiger partial charge in [-0.2, -0.15) is 4.31 Å². The number of rotatable bonds is 3. The quantitative estimate of drug-likeness (QED) is 0.922. The zero-order valence-electron chi connectivity index (χ0n) is 12.3. The van der Waals surface area contributed by atoms with Crippen molar-refractivity contribution in [3.8, 4) is 5.75 Å². The molecule has 1 aromatic rings. The molecular weight excluding hydrogens is 290 g/mol. The second-order valence-corrected chi connectivity index (χ2v) is 7.81. The van der Waals surface area contributed by atoms with Gasteiger partial charge in [0.2, 0.25) is 10.0 Å². The van der Waals surface area contributed by atoms with Crippen molar-refractivity contribution in [3.63, 3.8) is 0 Å². The van der Waals surface area contributed by atoms with Crippen molar-refractivity contribution in [3.05, 3.63) is 23.8 Å². The molecule has 1 N–H and O–H groups in total. The number of ether oxygens (including phenoxy) is 1. The number of aliphatic hydroxyl groups is 1. The lowest BCUT2D eigenvalue weighted by atomic mass is 10.0. The molecule has 0 aliphatic carbocycles. The fourth-order valence-electron chi connectivity index (χ4n) is 3.60. The van der Waals surface area contributed by atoms with Crippen molar-refractivity contribution in [2.24, 2.45) is 0 Å². The molecule has 2 bridgehead atoms. The van der Waals surface area contributed by atoms with Gasteiger partial charge in [-0.05, 0) is 50.3 Å². The summed E-state index contributed by atoms with van der Waals surface area (Å²) in [5.74, 6) is 0.381. The van der Waals surface area contributed by atoms with E-state index in [0.29, 0.717) is 18.6 Å². The van der Waals surface area contributed by atoms with Gasteiger partial charge >= 0.3 is 0 Å². The number of hydrogen-bond acceptors (Lipinski definition) is 4. The molecular formula is C15H21NO4S. The Bertz CT molecular complexity index is 629. The van der Waals surface area contributed by atoms with Gasteiger partial charge in [-0.25, -0.2) is 8.42 Å². The molecule has 6 heteroatoms. The van der Waals surface area contributed by atoms with Crippen molar-refractivity contribution < 1.29 is 18.3 Å². The first-order valence-corrected chi connectivity index (χ1v) is 8.73. The van der Waals surface area contributed by atoms with Crippen LogP contribution in [0.3, 0.4) is 0 Å². The van der Waals surface area contributed by atoms with Gasteiger partial charge in [0.05, 0.1) is 13.2 Å². The van der Waals surface area contributed by atoms with Gasteiger partial charge in [-0.1, -0.05) is 6.07 Å². The van der Waals surface area contributed by atoms with Gasteiger partial charge in [0.15, 0.2) is 0 Å². The van der Waals surface area contributed by atoms with E-state index in [1.807, 2.05) is 13.0 Å². The molecule has 2 saturated heterocycles. The monoisotopic (exact) mass is 311 g/mol. The maximum atomic E-state index is 13.1. The van der Waals surface area contributed by atoms with Gasteiger partial charge in [0.25, 0.3) is 0 Å². The highest BCUT2D eigenvalue weighted by atomic mass is 32.2. The molecule has 2 aliphatic heterocycles. The summed E-state index contributed by atoms with van der Waals surface area (Å²) < 4.78 is 32.9. The fraction of sp³-hybridized carbons (Fsp3) is 0.600. The Morgan fingerprint density at radius 3 is 2.43 bits per heavy atom. The average molecular weight is 311 g/mol.